The summed E-state index contributed by atoms with van der Waals surface area (Å²) in [6.07, 6.45) is 5.43. The van der Waals surface area contributed by atoms with Crippen molar-refractivity contribution >= 4 is 44.7 Å². The second-order valence-electron chi connectivity index (χ2n) is 5.51. The monoisotopic (exact) mass is 346 g/mol. The van der Waals surface area contributed by atoms with Gasteiger partial charge in [-0.1, -0.05) is 0 Å². The van der Waals surface area contributed by atoms with E-state index >= 15 is 0 Å². The summed E-state index contributed by atoms with van der Waals surface area (Å²) >= 11 is 2.90. The Bertz CT molecular complexity index is 927. The van der Waals surface area contributed by atoms with Gasteiger partial charge in [-0.05, 0) is 36.4 Å². The van der Waals surface area contributed by atoms with Crippen LogP contribution in [-0.2, 0) is 24.1 Å². The van der Waals surface area contributed by atoms with Crippen LogP contribution in [0.2, 0.25) is 0 Å². The summed E-state index contributed by atoms with van der Waals surface area (Å²) in [5, 5.41) is 5.29. The lowest BCUT2D eigenvalue weighted by Gasteiger charge is -2.03. The van der Waals surface area contributed by atoms with Crippen LogP contribution in [0.1, 0.15) is 29.1 Å². The van der Waals surface area contributed by atoms with Gasteiger partial charge in [0.2, 0.25) is 5.91 Å². The van der Waals surface area contributed by atoms with Crippen LogP contribution in [0, 0.1) is 0 Å². The summed E-state index contributed by atoms with van der Waals surface area (Å²) in [5.74, 6) is 0.461. The standard InChI is InChI=1S/C15H14N4O2S2/c20-12(17-8-6-16-22-7-8)5-4-11-18-14(21)13-9-2-1-3-10(9)23-15(13)19-11/h6-7H,1-5H2,(H,17,20)(H,18,19,21). The molecular formula is C15H14N4O2S2. The van der Waals surface area contributed by atoms with Crippen LogP contribution in [0.25, 0.3) is 10.2 Å². The molecule has 1 amide bonds. The second-order valence-corrected chi connectivity index (χ2v) is 7.25. The minimum atomic E-state index is -0.110. The number of anilines is 1. The number of fused-ring (bicyclic) bond motifs is 3. The van der Waals surface area contributed by atoms with E-state index in [0.717, 1.165) is 29.5 Å². The van der Waals surface area contributed by atoms with Crippen LogP contribution < -0.4 is 10.9 Å². The first-order chi connectivity index (χ1) is 11.2. The van der Waals surface area contributed by atoms with Gasteiger partial charge in [-0.15, -0.1) is 11.3 Å². The number of aromatic nitrogens is 3. The van der Waals surface area contributed by atoms with Crippen molar-refractivity contribution in [3.63, 3.8) is 0 Å². The molecule has 4 rings (SSSR count). The van der Waals surface area contributed by atoms with Crippen LogP contribution in [0.3, 0.4) is 0 Å². The van der Waals surface area contributed by atoms with E-state index < -0.39 is 0 Å². The molecule has 0 saturated carbocycles. The summed E-state index contributed by atoms with van der Waals surface area (Å²) in [7, 11) is 0. The number of H-pyrrole nitrogens is 1. The number of nitrogens with one attached hydrogen (secondary N) is 2. The zero-order valence-electron chi connectivity index (χ0n) is 12.2. The van der Waals surface area contributed by atoms with E-state index in [1.165, 1.54) is 22.0 Å². The molecule has 0 aliphatic heterocycles. The molecule has 0 bridgehead atoms. The number of nitrogens with zero attached hydrogens (tertiary/aromatic N) is 2. The Hall–Kier alpha value is -2.06. The molecule has 0 unspecified atom stereocenters. The predicted octanol–water partition coefficient (Wildman–Crippen LogP) is 2.50. The third-order valence-corrected chi connectivity index (χ3v) is 5.70. The minimum Gasteiger partial charge on any atom is -0.324 e. The Morgan fingerprint density at radius 2 is 2.30 bits per heavy atom. The summed E-state index contributed by atoms with van der Waals surface area (Å²) in [4.78, 5) is 33.7. The number of aromatic amines is 1. The lowest BCUT2D eigenvalue weighted by molar-refractivity contribution is -0.116. The SMILES string of the molecule is O=C(CCc1nc2sc3c(c2c(=O)[nH]1)CCC3)Nc1cnsc1. The lowest BCUT2D eigenvalue weighted by atomic mass is 10.2. The maximum Gasteiger partial charge on any atom is 0.259 e. The van der Waals surface area contributed by atoms with Crippen LogP contribution in [-0.4, -0.2) is 20.2 Å². The maximum atomic E-state index is 12.3. The number of hydrogen-bond acceptors (Lipinski definition) is 6. The third kappa shape index (κ3) is 2.79. The van der Waals surface area contributed by atoms with Crippen LogP contribution in [0.4, 0.5) is 5.69 Å². The smallest absolute Gasteiger partial charge is 0.259 e. The first-order valence-corrected chi connectivity index (χ1v) is 9.08. The number of carbonyl (C=O) groups is 1. The molecule has 6 nitrogen and oxygen atoms in total. The third-order valence-electron chi connectivity index (χ3n) is 3.93. The van der Waals surface area contributed by atoms with Gasteiger partial charge in [0, 0.05) is 23.1 Å². The first-order valence-electron chi connectivity index (χ1n) is 7.43. The fourth-order valence-electron chi connectivity index (χ4n) is 2.89. The Morgan fingerprint density at radius 1 is 1.39 bits per heavy atom. The largest absolute Gasteiger partial charge is 0.324 e. The van der Waals surface area contributed by atoms with Crippen LogP contribution in [0.5, 0.6) is 0 Å². The predicted molar refractivity (Wildman–Crippen MR) is 91.3 cm³/mol. The van der Waals surface area contributed by atoms with Crippen molar-refractivity contribution < 1.29 is 4.79 Å². The fraction of sp³-hybridized carbons (Fsp3) is 0.333. The van der Waals surface area contributed by atoms with Crippen molar-refractivity contribution in [2.24, 2.45) is 0 Å². The van der Waals surface area contributed by atoms with Crippen LogP contribution in [0.15, 0.2) is 16.4 Å². The average Bonchev–Trinajstić information content (AvgIpc) is 3.21. The molecule has 8 heteroatoms. The van der Waals surface area contributed by atoms with Crippen molar-refractivity contribution in [2.75, 3.05) is 5.32 Å². The molecule has 23 heavy (non-hydrogen) atoms. The minimum absolute atomic E-state index is 0.0770. The van der Waals surface area contributed by atoms with E-state index in [4.69, 9.17) is 0 Å². The van der Waals surface area contributed by atoms with E-state index in [2.05, 4.69) is 19.7 Å². The normalized spacial score (nSPS) is 13.4. The summed E-state index contributed by atoms with van der Waals surface area (Å²) in [6.45, 7) is 0. The van der Waals surface area contributed by atoms with Gasteiger partial charge in [0.15, 0.2) is 0 Å². The molecule has 1 aliphatic carbocycles. The van der Waals surface area contributed by atoms with Crippen molar-refractivity contribution in [3.8, 4) is 0 Å². The van der Waals surface area contributed by atoms with E-state index in [0.29, 0.717) is 17.9 Å². The van der Waals surface area contributed by atoms with Crippen LogP contribution >= 0.6 is 22.9 Å². The Morgan fingerprint density at radius 3 is 3.13 bits per heavy atom. The number of rotatable bonds is 4. The number of aryl methyl sites for hydroxylation is 3. The second kappa shape index (κ2) is 5.86. The Kier molecular flexibility index (Phi) is 3.70. The van der Waals surface area contributed by atoms with Gasteiger partial charge in [-0.25, -0.2) is 4.98 Å². The van der Waals surface area contributed by atoms with Crippen molar-refractivity contribution in [3.05, 3.63) is 38.2 Å². The quantitative estimate of drug-likeness (QED) is 0.760. The van der Waals surface area contributed by atoms with E-state index in [1.807, 2.05) is 0 Å². The van der Waals surface area contributed by atoms with E-state index in [-0.39, 0.29) is 17.9 Å². The van der Waals surface area contributed by atoms with Gasteiger partial charge in [-0.3, -0.25) is 9.59 Å². The molecule has 2 N–H and O–H groups in total. The van der Waals surface area contributed by atoms with Gasteiger partial charge in [-0.2, -0.15) is 4.37 Å². The molecular weight excluding hydrogens is 332 g/mol. The van der Waals surface area contributed by atoms with Gasteiger partial charge in [0.1, 0.15) is 10.7 Å². The highest BCUT2D eigenvalue weighted by Gasteiger charge is 2.21. The highest BCUT2D eigenvalue weighted by molar-refractivity contribution is 7.18. The molecule has 3 heterocycles. The highest BCUT2D eigenvalue weighted by atomic mass is 32.1. The molecule has 0 radical (unpaired) electrons. The Balaban J connectivity index is 1.51. The fourth-order valence-corrected chi connectivity index (χ4v) is 4.64. The number of amides is 1. The molecule has 118 valence electrons. The molecule has 0 spiro atoms. The zero-order valence-corrected chi connectivity index (χ0v) is 13.9. The van der Waals surface area contributed by atoms with E-state index in [9.17, 15) is 9.59 Å². The summed E-state index contributed by atoms with van der Waals surface area (Å²) in [5.41, 5.74) is 1.80. The molecule has 3 aromatic rings. The number of thiophene rings is 1. The summed E-state index contributed by atoms with van der Waals surface area (Å²) in [6, 6.07) is 0. The molecule has 1 aliphatic rings. The topological polar surface area (TPSA) is 87.7 Å². The van der Waals surface area contributed by atoms with Gasteiger partial charge in [0.25, 0.3) is 5.56 Å². The van der Waals surface area contributed by atoms with Gasteiger partial charge < -0.3 is 10.3 Å². The van der Waals surface area contributed by atoms with Gasteiger partial charge in [0.05, 0.1) is 17.3 Å². The first kappa shape index (κ1) is 14.5. The van der Waals surface area contributed by atoms with Crippen molar-refractivity contribution in [1.82, 2.24) is 14.3 Å². The molecule has 0 aromatic carbocycles. The molecule has 0 atom stereocenters. The zero-order chi connectivity index (χ0) is 15.8. The summed E-state index contributed by atoms with van der Waals surface area (Å²) < 4.78 is 3.93. The maximum absolute atomic E-state index is 12.3. The molecule has 3 aromatic heterocycles. The van der Waals surface area contributed by atoms with Crippen molar-refractivity contribution in [1.29, 1.82) is 0 Å². The average molecular weight is 346 g/mol. The van der Waals surface area contributed by atoms with Gasteiger partial charge >= 0.3 is 0 Å². The number of carbonyl (C=O) groups excluding carboxylic acids is 1. The number of hydrogen-bond donors (Lipinski definition) is 2. The van der Waals surface area contributed by atoms with Crippen molar-refractivity contribution in [2.45, 2.75) is 32.1 Å². The van der Waals surface area contributed by atoms with E-state index in [1.54, 1.807) is 22.9 Å². The molecule has 0 saturated heterocycles. The Labute approximate surface area is 139 Å². The highest BCUT2D eigenvalue weighted by Crippen LogP contribution is 2.34. The molecule has 0 fully saturated rings. The lowest BCUT2D eigenvalue weighted by Crippen LogP contribution is -2.16.